The van der Waals surface area contributed by atoms with Crippen molar-refractivity contribution in [2.24, 2.45) is 0 Å². The van der Waals surface area contributed by atoms with E-state index in [4.69, 9.17) is 27.6 Å². The fourth-order valence-corrected chi connectivity index (χ4v) is 2.45. The van der Waals surface area contributed by atoms with Crippen molar-refractivity contribution in [2.45, 2.75) is 0 Å². The molecular formula is C15H8BrCl2NO. The molecule has 0 aliphatic carbocycles. The Hall–Kier alpha value is -1.29. The number of aromatic nitrogens is 1. The maximum atomic E-state index is 5.91. The van der Waals surface area contributed by atoms with Crippen molar-refractivity contribution in [3.63, 3.8) is 0 Å². The molecule has 0 saturated carbocycles. The van der Waals surface area contributed by atoms with E-state index in [2.05, 4.69) is 20.9 Å². The first-order valence-corrected chi connectivity index (χ1v) is 7.36. The van der Waals surface area contributed by atoms with Crippen molar-refractivity contribution in [1.29, 1.82) is 0 Å². The minimum atomic E-state index is 0.118. The molecule has 0 fully saturated rings. The van der Waals surface area contributed by atoms with Crippen molar-refractivity contribution >= 4 is 39.1 Å². The molecule has 2 nitrogen and oxygen atoms in total. The Morgan fingerprint density at radius 2 is 1.45 bits per heavy atom. The monoisotopic (exact) mass is 367 g/mol. The predicted molar refractivity (Wildman–Crippen MR) is 85.1 cm³/mol. The number of oxazole rings is 1. The number of benzene rings is 2. The van der Waals surface area contributed by atoms with Gasteiger partial charge in [0.2, 0.25) is 0 Å². The van der Waals surface area contributed by atoms with Gasteiger partial charge in [0.15, 0.2) is 5.76 Å². The third kappa shape index (κ3) is 2.75. The van der Waals surface area contributed by atoms with Gasteiger partial charge in [0.25, 0.3) is 5.35 Å². The molecule has 0 aliphatic rings. The third-order valence-corrected chi connectivity index (χ3v) is 3.77. The van der Waals surface area contributed by atoms with Crippen LogP contribution in [0.25, 0.3) is 22.6 Å². The molecule has 0 spiro atoms. The summed E-state index contributed by atoms with van der Waals surface area (Å²) in [6.45, 7) is 0. The topological polar surface area (TPSA) is 26.0 Å². The summed E-state index contributed by atoms with van der Waals surface area (Å²) in [5.74, 6) is 0.643. The van der Waals surface area contributed by atoms with E-state index in [1.807, 2.05) is 48.5 Å². The highest BCUT2D eigenvalue weighted by Crippen LogP contribution is 2.35. The van der Waals surface area contributed by atoms with Crippen LogP contribution in [-0.4, -0.2) is 4.98 Å². The molecule has 0 amide bonds. The van der Waals surface area contributed by atoms with Gasteiger partial charge in [-0.15, -0.1) is 0 Å². The first kappa shape index (κ1) is 13.7. The third-order valence-electron chi connectivity index (χ3n) is 2.83. The zero-order chi connectivity index (χ0) is 14.1. The first-order valence-electron chi connectivity index (χ1n) is 5.82. The Morgan fingerprint density at radius 1 is 0.850 bits per heavy atom. The summed E-state index contributed by atoms with van der Waals surface area (Å²) >= 11 is 15.2. The molecule has 5 heteroatoms. The normalized spacial score (nSPS) is 10.8. The van der Waals surface area contributed by atoms with Gasteiger partial charge in [-0.25, -0.2) is 0 Å². The van der Waals surface area contributed by atoms with Gasteiger partial charge in [0, 0.05) is 20.6 Å². The second-order valence-corrected chi connectivity index (χ2v) is 5.83. The molecule has 0 saturated heterocycles. The lowest BCUT2D eigenvalue weighted by Gasteiger charge is -2.02. The van der Waals surface area contributed by atoms with Crippen LogP contribution in [-0.2, 0) is 0 Å². The lowest BCUT2D eigenvalue weighted by molar-refractivity contribution is 0.574. The summed E-state index contributed by atoms with van der Waals surface area (Å²) in [4.78, 5) is 4.25. The van der Waals surface area contributed by atoms with Gasteiger partial charge in [0.05, 0.1) is 0 Å². The zero-order valence-electron chi connectivity index (χ0n) is 10.1. The summed E-state index contributed by atoms with van der Waals surface area (Å²) in [5, 5.41) is 0.793. The van der Waals surface area contributed by atoms with E-state index in [1.165, 1.54) is 0 Å². The number of hydrogen-bond donors (Lipinski definition) is 0. The van der Waals surface area contributed by atoms with Crippen LogP contribution in [0.15, 0.2) is 57.4 Å². The van der Waals surface area contributed by atoms with Crippen molar-refractivity contribution in [3.05, 3.63) is 63.4 Å². The first-order chi connectivity index (χ1) is 9.63. The maximum absolute atomic E-state index is 5.91. The second-order valence-electron chi connectivity index (χ2n) is 4.16. The molecule has 0 bridgehead atoms. The molecular weight excluding hydrogens is 361 g/mol. The molecule has 0 aliphatic heterocycles. The second kappa shape index (κ2) is 5.60. The summed E-state index contributed by atoms with van der Waals surface area (Å²) < 4.78 is 6.53. The van der Waals surface area contributed by atoms with Gasteiger partial charge in [-0.1, -0.05) is 51.8 Å². The minimum absolute atomic E-state index is 0.118. The highest BCUT2D eigenvalue weighted by Gasteiger charge is 2.15. The lowest BCUT2D eigenvalue weighted by Crippen LogP contribution is -1.82. The number of nitrogens with zero attached hydrogens (tertiary/aromatic N) is 1. The number of halogens is 3. The van der Waals surface area contributed by atoms with Gasteiger partial charge in [0.1, 0.15) is 5.69 Å². The zero-order valence-corrected chi connectivity index (χ0v) is 13.2. The molecule has 0 N–H and O–H groups in total. The molecule has 2 aromatic carbocycles. The number of rotatable bonds is 2. The molecule has 3 aromatic rings. The Morgan fingerprint density at radius 3 is 2.10 bits per heavy atom. The van der Waals surface area contributed by atoms with Crippen molar-refractivity contribution < 1.29 is 4.42 Å². The highest BCUT2D eigenvalue weighted by molar-refractivity contribution is 9.10. The molecule has 3 rings (SSSR count). The van der Waals surface area contributed by atoms with E-state index >= 15 is 0 Å². The Balaban J connectivity index is 2.12. The van der Waals surface area contributed by atoms with E-state index in [9.17, 15) is 0 Å². The van der Waals surface area contributed by atoms with E-state index in [1.54, 1.807) is 0 Å². The Labute approximate surface area is 134 Å². The SMILES string of the molecule is Clc1ccc(-c2nc(Cl)oc2-c2ccc(Br)cc2)cc1. The Kier molecular flexibility index (Phi) is 3.83. The van der Waals surface area contributed by atoms with Crippen LogP contribution >= 0.6 is 39.1 Å². The van der Waals surface area contributed by atoms with Crippen LogP contribution in [0.1, 0.15) is 0 Å². The predicted octanol–water partition coefficient (Wildman–Crippen LogP) is 6.08. The number of hydrogen-bond acceptors (Lipinski definition) is 2. The molecule has 100 valence electrons. The Bertz CT molecular complexity index is 673. The molecule has 20 heavy (non-hydrogen) atoms. The van der Waals surface area contributed by atoms with Gasteiger partial charge in [-0.2, -0.15) is 4.98 Å². The smallest absolute Gasteiger partial charge is 0.293 e. The van der Waals surface area contributed by atoms with Gasteiger partial charge in [-0.05, 0) is 35.9 Å². The summed E-state index contributed by atoms with van der Waals surface area (Å²) in [6, 6.07) is 15.2. The van der Waals surface area contributed by atoms with Crippen LogP contribution in [0.3, 0.4) is 0 Å². The van der Waals surface area contributed by atoms with Crippen LogP contribution in [0.2, 0.25) is 10.4 Å². The van der Waals surface area contributed by atoms with Crippen molar-refractivity contribution in [2.75, 3.05) is 0 Å². The van der Waals surface area contributed by atoms with E-state index in [0.717, 1.165) is 15.6 Å². The molecule has 1 aromatic heterocycles. The van der Waals surface area contributed by atoms with E-state index < -0.39 is 0 Å². The fraction of sp³-hybridized carbons (Fsp3) is 0. The largest absolute Gasteiger partial charge is 0.427 e. The minimum Gasteiger partial charge on any atom is -0.427 e. The molecule has 0 radical (unpaired) electrons. The van der Waals surface area contributed by atoms with E-state index in [0.29, 0.717) is 16.5 Å². The fourth-order valence-electron chi connectivity index (χ4n) is 1.89. The summed E-state index contributed by atoms with van der Waals surface area (Å²) in [5.41, 5.74) is 2.52. The summed E-state index contributed by atoms with van der Waals surface area (Å²) in [6.07, 6.45) is 0. The summed E-state index contributed by atoms with van der Waals surface area (Å²) in [7, 11) is 0. The van der Waals surface area contributed by atoms with Crippen LogP contribution in [0, 0.1) is 0 Å². The average molecular weight is 369 g/mol. The molecule has 1 heterocycles. The van der Waals surface area contributed by atoms with Gasteiger partial charge >= 0.3 is 0 Å². The molecule has 0 atom stereocenters. The van der Waals surface area contributed by atoms with Crippen LogP contribution in [0.5, 0.6) is 0 Å². The average Bonchev–Trinajstić information content (AvgIpc) is 2.82. The standard InChI is InChI=1S/C15H8BrCl2NO/c16-11-5-1-10(2-6-11)14-13(19-15(18)20-14)9-3-7-12(17)8-4-9/h1-8H. The quantitative estimate of drug-likeness (QED) is 0.547. The maximum Gasteiger partial charge on any atom is 0.293 e. The highest BCUT2D eigenvalue weighted by atomic mass is 79.9. The van der Waals surface area contributed by atoms with Crippen molar-refractivity contribution in [1.82, 2.24) is 4.98 Å². The van der Waals surface area contributed by atoms with Crippen LogP contribution in [0.4, 0.5) is 0 Å². The lowest BCUT2D eigenvalue weighted by atomic mass is 10.1. The van der Waals surface area contributed by atoms with Gasteiger partial charge in [-0.3, -0.25) is 0 Å². The van der Waals surface area contributed by atoms with Crippen LogP contribution < -0.4 is 0 Å². The van der Waals surface area contributed by atoms with Gasteiger partial charge < -0.3 is 4.42 Å². The van der Waals surface area contributed by atoms with Crippen molar-refractivity contribution in [3.8, 4) is 22.6 Å². The van der Waals surface area contributed by atoms with E-state index in [-0.39, 0.29) is 5.35 Å². The molecule has 0 unspecified atom stereocenters.